The first-order valence-electron chi connectivity index (χ1n) is 7.09. The van der Waals surface area contributed by atoms with Gasteiger partial charge in [0.15, 0.2) is 11.4 Å². The number of ether oxygens (including phenoxy) is 2. The lowest BCUT2D eigenvalue weighted by Gasteiger charge is -2.19. The lowest BCUT2D eigenvalue weighted by molar-refractivity contribution is 0.0707. The van der Waals surface area contributed by atoms with E-state index in [4.69, 9.17) is 9.47 Å². The van der Waals surface area contributed by atoms with Crippen LogP contribution in [0.4, 0.5) is 0 Å². The van der Waals surface area contributed by atoms with E-state index >= 15 is 0 Å². The van der Waals surface area contributed by atoms with Crippen molar-refractivity contribution in [2.75, 3.05) is 14.2 Å². The lowest BCUT2D eigenvalue weighted by Crippen LogP contribution is -2.19. The number of fused-ring (bicyclic) bond motifs is 1. The van der Waals surface area contributed by atoms with E-state index in [1.54, 1.807) is 44.1 Å². The van der Waals surface area contributed by atoms with Crippen molar-refractivity contribution < 1.29 is 14.6 Å². The Morgan fingerprint density at radius 2 is 2.00 bits per heavy atom. The van der Waals surface area contributed by atoms with Crippen LogP contribution in [0.25, 0.3) is 16.8 Å². The average molecular weight is 314 g/mol. The Morgan fingerprint density at radius 3 is 2.65 bits per heavy atom. The van der Waals surface area contributed by atoms with Gasteiger partial charge in [-0.3, -0.25) is 0 Å². The van der Waals surface area contributed by atoms with Crippen LogP contribution in [-0.2, 0) is 5.60 Å². The first kappa shape index (κ1) is 15.2. The number of aliphatic hydroxyl groups is 1. The zero-order valence-corrected chi connectivity index (χ0v) is 13.4. The predicted octanol–water partition coefficient (Wildman–Crippen LogP) is 2.04. The van der Waals surface area contributed by atoms with Gasteiger partial charge in [0.2, 0.25) is 5.88 Å². The van der Waals surface area contributed by atoms with Gasteiger partial charge in [0.25, 0.3) is 0 Å². The quantitative estimate of drug-likeness (QED) is 0.793. The molecule has 0 spiro atoms. The minimum atomic E-state index is -1.13. The average Bonchev–Trinajstić information content (AvgIpc) is 2.95. The first-order valence-corrected chi connectivity index (χ1v) is 7.09. The molecule has 3 rings (SSSR count). The summed E-state index contributed by atoms with van der Waals surface area (Å²) in [5.41, 5.74) is 1.64. The van der Waals surface area contributed by atoms with Crippen molar-refractivity contribution in [3.8, 4) is 22.8 Å². The van der Waals surface area contributed by atoms with E-state index in [-0.39, 0.29) is 0 Å². The molecule has 0 aliphatic rings. The van der Waals surface area contributed by atoms with Crippen molar-refractivity contribution in [1.82, 2.24) is 19.6 Å². The summed E-state index contributed by atoms with van der Waals surface area (Å²) < 4.78 is 12.1. The van der Waals surface area contributed by atoms with Crippen molar-refractivity contribution >= 4 is 5.65 Å². The molecule has 1 N–H and O–H groups in total. The monoisotopic (exact) mass is 314 g/mol. The molecule has 0 bridgehead atoms. The highest BCUT2D eigenvalue weighted by molar-refractivity contribution is 5.77. The molecule has 3 heterocycles. The molecule has 0 fully saturated rings. The van der Waals surface area contributed by atoms with Gasteiger partial charge in [-0.15, -0.1) is 0 Å². The minimum Gasteiger partial charge on any atom is -0.493 e. The van der Waals surface area contributed by atoms with E-state index in [2.05, 4.69) is 15.1 Å². The maximum Gasteiger partial charge on any atom is 0.213 e. The summed E-state index contributed by atoms with van der Waals surface area (Å²) in [5.74, 6) is 0.991. The fraction of sp³-hybridized carbons (Fsp3) is 0.312. The second kappa shape index (κ2) is 5.51. The van der Waals surface area contributed by atoms with Gasteiger partial charge in [-0.2, -0.15) is 5.10 Å². The van der Waals surface area contributed by atoms with Crippen molar-refractivity contribution in [2.45, 2.75) is 19.4 Å². The van der Waals surface area contributed by atoms with Gasteiger partial charge in [-0.25, -0.2) is 14.5 Å². The van der Waals surface area contributed by atoms with Crippen molar-refractivity contribution in [3.63, 3.8) is 0 Å². The van der Waals surface area contributed by atoms with Crippen molar-refractivity contribution in [1.29, 1.82) is 0 Å². The Balaban J connectivity index is 2.23. The highest BCUT2D eigenvalue weighted by Crippen LogP contribution is 2.31. The molecule has 0 aliphatic heterocycles. The molecular weight excluding hydrogens is 296 g/mol. The fourth-order valence-corrected chi connectivity index (χ4v) is 2.37. The molecule has 23 heavy (non-hydrogen) atoms. The van der Waals surface area contributed by atoms with Crippen LogP contribution in [0.15, 0.2) is 30.7 Å². The highest BCUT2D eigenvalue weighted by Gasteiger charge is 2.25. The molecule has 3 aromatic heterocycles. The SMILES string of the molecule is COc1cc(-c2cnn3cc(OC)c(C(C)(C)O)nc23)ccn1. The van der Waals surface area contributed by atoms with Gasteiger partial charge < -0.3 is 14.6 Å². The van der Waals surface area contributed by atoms with Crippen molar-refractivity contribution in [3.05, 3.63) is 36.4 Å². The summed E-state index contributed by atoms with van der Waals surface area (Å²) >= 11 is 0. The van der Waals surface area contributed by atoms with Gasteiger partial charge in [-0.05, 0) is 25.5 Å². The summed E-state index contributed by atoms with van der Waals surface area (Å²) in [5, 5.41) is 14.7. The smallest absolute Gasteiger partial charge is 0.213 e. The summed E-state index contributed by atoms with van der Waals surface area (Å²) in [4.78, 5) is 8.68. The Morgan fingerprint density at radius 1 is 1.22 bits per heavy atom. The minimum absolute atomic E-state index is 0.454. The Hall–Kier alpha value is -2.67. The molecule has 0 aromatic carbocycles. The number of rotatable bonds is 4. The van der Waals surface area contributed by atoms with E-state index in [0.717, 1.165) is 11.1 Å². The summed E-state index contributed by atoms with van der Waals surface area (Å²) in [6.07, 6.45) is 5.08. The zero-order valence-electron chi connectivity index (χ0n) is 13.4. The van der Waals surface area contributed by atoms with E-state index in [0.29, 0.717) is 23.0 Å². The van der Waals surface area contributed by atoms with Crippen LogP contribution >= 0.6 is 0 Å². The van der Waals surface area contributed by atoms with Crippen LogP contribution in [0.5, 0.6) is 11.6 Å². The molecule has 0 radical (unpaired) electrons. The second-order valence-electron chi connectivity index (χ2n) is 5.63. The molecule has 0 unspecified atom stereocenters. The molecule has 3 aromatic rings. The van der Waals surface area contributed by atoms with Gasteiger partial charge in [0.05, 0.1) is 26.6 Å². The fourth-order valence-electron chi connectivity index (χ4n) is 2.37. The molecular formula is C16H18N4O3. The summed E-state index contributed by atoms with van der Waals surface area (Å²) in [7, 11) is 3.11. The van der Waals surface area contributed by atoms with Crippen molar-refractivity contribution in [2.24, 2.45) is 0 Å². The molecule has 7 nitrogen and oxygen atoms in total. The number of hydrogen-bond acceptors (Lipinski definition) is 6. The topological polar surface area (TPSA) is 81.8 Å². The van der Waals surface area contributed by atoms with E-state index < -0.39 is 5.60 Å². The molecule has 0 amide bonds. The maximum atomic E-state index is 10.3. The number of methoxy groups -OCH3 is 2. The van der Waals surface area contributed by atoms with E-state index in [1.165, 1.54) is 7.11 Å². The van der Waals surface area contributed by atoms with Gasteiger partial charge in [-0.1, -0.05) is 0 Å². The van der Waals surface area contributed by atoms with Crippen LogP contribution in [0.2, 0.25) is 0 Å². The predicted molar refractivity (Wildman–Crippen MR) is 84.6 cm³/mol. The number of aromatic nitrogens is 4. The van der Waals surface area contributed by atoms with Crippen LogP contribution in [0.3, 0.4) is 0 Å². The summed E-state index contributed by atoms with van der Waals surface area (Å²) in [6.45, 7) is 3.33. The lowest BCUT2D eigenvalue weighted by atomic mass is 10.0. The largest absolute Gasteiger partial charge is 0.493 e. The van der Waals surface area contributed by atoms with Crippen LogP contribution in [-0.4, -0.2) is 38.9 Å². The normalized spacial score (nSPS) is 11.7. The molecule has 0 aliphatic carbocycles. The standard InChI is InChI=1S/C16H18N4O3/c1-16(2,21)14-12(22-3)9-20-15(19-14)11(8-18-20)10-5-6-17-13(7-10)23-4/h5-9,21H,1-4H3. The Labute approximate surface area is 133 Å². The van der Waals surface area contributed by atoms with E-state index in [9.17, 15) is 5.11 Å². The maximum absolute atomic E-state index is 10.3. The van der Waals surface area contributed by atoms with Gasteiger partial charge in [0, 0.05) is 17.8 Å². The third-order valence-electron chi connectivity index (χ3n) is 3.51. The highest BCUT2D eigenvalue weighted by atomic mass is 16.5. The Bertz CT molecular complexity index is 852. The van der Waals surface area contributed by atoms with Gasteiger partial charge >= 0.3 is 0 Å². The molecule has 120 valence electrons. The number of hydrogen-bond donors (Lipinski definition) is 1. The summed E-state index contributed by atoms with van der Waals surface area (Å²) in [6, 6.07) is 3.67. The number of pyridine rings is 1. The van der Waals surface area contributed by atoms with Gasteiger partial charge in [0.1, 0.15) is 11.3 Å². The third-order valence-corrected chi connectivity index (χ3v) is 3.51. The van der Waals surface area contributed by atoms with E-state index in [1.807, 2.05) is 12.1 Å². The zero-order chi connectivity index (χ0) is 16.6. The van der Waals surface area contributed by atoms with Crippen LogP contribution in [0, 0.1) is 0 Å². The second-order valence-corrected chi connectivity index (χ2v) is 5.63. The third kappa shape index (κ3) is 2.70. The van der Waals surface area contributed by atoms with Crippen LogP contribution in [0.1, 0.15) is 19.5 Å². The first-order chi connectivity index (χ1) is 10.9. The Kier molecular flexibility index (Phi) is 3.65. The van der Waals surface area contributed by atoms with Crippen LogP contribution < -0.4 is 9.47 Å². The molecule has 0 atom stereocenters. The molecule has 0 saturated heterocycles. The molecule has 7 heteroatoms. The molecule has 0 saturated carbocycles. The number of nitrogens with zero attached hydrogens (tertiary/aromatic N) is 4.